The lowest BCUT2D eigenvalue weighted by Gasteiger charge is -2.16. The lowest BCUT2D eigenvalue weighted by atomic mass is 9.97. The normalized spacial score (nSPS) is 12.3. The summed E-state index contributed by atoms with van der Waals surface area (Å²) in [4.78, 5) is 0. The Bertz CT molecular complexity index is 599. The summed E-state index contributed by atoms with van der Waals surface area (Å²) in [7, 11) is 1.63. The van der Waals surface area contributed by atoms with Gasteiger partial charge < -0.3 is 9.84 Å². The Morgan fingerprint density at radius 2 is 1.84 bits per heavy atom. The van der Waals surface area contributed by atoms with Gasteiger partial charge in [0.15, 0.2) is 0 Å². The molecule has 0 radical (unpaired) electrons. The number of aliphatic hydroxyl groups excluding tert-OH is 1. The monoisotopic (exact) mass is 340 g/mol. The van der Waals surface area contributed by atoms with Crippen LogP contribution in [0.2, 0.25) is 5.02 Å². The molecule has 0 aliphatic heterocycles. The Hall–Kier alpha value is -1.03. The minimum atomic E-state index is -0.697. The van der Waals surface area contributed by atoms with Crippen LogP contribution in [0.4, 0.5) is 0 Å². The van der Waals surface area contributed by atoms with Crippen molar-refractivity contribution in [1.82, 2.24) is 0 Å². The molecule has 1 unspecified atom stereocenters. The predicted molar refractivity (Wildman–Crippen MR) is 80.9 cm³/mol. The number of hydrogen-bond acceptors (Lipinski definition) is 2. The van der Waals surface area contributed by atoms with Gasteiger partial charge in [-0.3, -0.25) is 0 Å². The third-order valence-corrected chi connectivity index (χ3v) is 3.95. The molecule has 0 spiro atoms. The van der Waals surface area contributed by atoms with Crippen LogP contribution in [0.5, 0.6) is 5.75 Å². The Labute approximate surface area is 126 Å². The van der Waals surface area contributed by atoms with E-state index >= 15 is 0 Å². The van der Waals surface area contributed by atoms with Gasteiger partial charge in [-0.15, -0.1) is 0 Å². The standard InChI is InChI=1S/C15H14BrClO2/c1-9-7-11(19-2)4-6-12(9)15(18)13-5-3-10(17)8-14(13)16/h3-8,15,18H,1-2H3. The van der Waals surface area contributed by atoms with Gasteiger partial charge in [-0.05, 0) is 47.9 Å². The molecule has 0 aromatic heterocycles. The van der Waals surface area contributed by atoms with Crippen molar-refractivity contribution in [3.05, 3.63) is 62.6 Å². The lowest BCUT2D eigenvalue weighted by Crippen LogP contribution is -2.03. The molecule has 1 atom stereocenters. The van der Waals surface area contributed by atoms with Crippen molar-refractivity contribution in [2.24, 2.45) is 0 Å². The van der Waals surface area contributed by atoms with Gasteiger partial charge >= 0.3 is 0 Å². The molecule has 2 aromatic rings. The fourth-order valence-corrected chi connectivity index (χ4v) is 2.87. The molecule has 2 rings (SSSR count). The number of rotatable bonds is 3. The van der Waals surface area contributed by atoms with E-state index in [1.807, 2.05) is 31.2 Å². The summed E-state index contributed by atoms with van der Waals surface area (Å²) in [5.41, 5.74) is 2.62. The van der Waals surface area contributed by atoms with E-state index in [1.54, 1.807) is 19.2 Å². The highest BCUT2D eigenvalue weighted by Crippen LogP contribution is 2.33. The maximum Gasteiger partial charge on any atom is 0.119 e. The van der Waals surface area contributed by atoms with E-state index < -0.39 is 6.10 Å². The minimum Gasteiger partial charge on any atom is -0.497 e. The lowest BCUT2D eigenvalue weighted by molar-refractivity contribution is 0.218. The van der Waals surface area contributed by atoms with Gasteiger partial charge in [0.1, 0.15) is 11.9 Å². The average Bonchev–Trinajstić information content (AvgIpc) is 2.37. The molecule has 0 saturated carbocycles. The second-order valence-electron chi connectivity index (χ2n) is 4.29. The fraction of sp³-hybridized carbons (Fsp3) is 0.200. The second-order valence-corrected chi connectivity index (χ2v) is 5.58. The molecular weight excluding hydrogens is 328 g/mol. The highest BCUT2D eigenvalue weighted by molar-refractivity contribution is 9.10. The van der Waals surface area contributed by atoms with Crippen molar-refractivity contribution < 1.29 is 9.84 Å². The summed E-state index contributed by atoms with van der Waals surface area (Å²) < 4.78 is 5.96. The molecule has 2 aromatic carbocycles. The number of methoxy groups -OCH3 is 1. The first-order valence-corrected chi connectivity index (χ1v) is 6.97. The molecule has 0 aliphatic carbocycles. The highest BCUT2D eigenvalue weighted by Gasteiger charge is 2.16. The molecule has 4 heteroatoms. The van der Waals surface area contributed by atoms with Crippen molar-refractivity contribution in [3.8, 4) is 5.75 Å². The summed E-state index contributed by atoms with van der Waals surface area (Å²) >= 11 is 9.34. The molecular formula is C15H14BrClO2. The maximum absolute atomic E-state index is 10.5. The van der Waals surface area contributed by atoms with Crippen LogP contribution < -0.4 is 4.74 Å². The van der Waals surface area contributed by atoms with Gasteiger partial charge in [0, 0.05) is 9.50 Å². The third-order valence-electron chi connectivity index (χ3n) is 3.03. The van der Waals surface area contributed by atoms with Gasteiger partial charge in [-0.2, -0.15) is 0 Å². The maximum atomic E-state index is 10.5. The van der Waals surface area contributed by atoms with Crippen molar-refractivity contribution in [2.75, 3.05) is 7.11 Å². The first-order chi connectivity index (χ1) is 9.02. The molecule has 0 heterocycles. The number of aryl methyl sites for hydroxylation is 1. The third kappa shape index (κ3) is 3.11. The van der Waals surface area contributed by atoms with Crippen molar-refractivity contribution >= 4 is 27.5 Å². The zero-order chi connectivity index (χ0) is 14.0. The fourth-order valence-electron chi connectivity index (χ4n) is 1.97. The number of hydrogen-bond donors (Lipinski definition) is 1. The molecule has 0 bridgehead atoms. The molecule has 0 amide bonds. The first kappa shape index (κ1) is 14.4. The number of aliphatic hydroxyl groups is 1. The number of halogens is 2. The van der Waals surface area contributed by atoms with E-state index in [9.17, 15) is 5.11 Å². The van der Waals surface area contributed by atoms with E-state index in [0.29, 0.717) is 5.02 Å². The Kier molecular flexibility index (Phi) is 4.50. The van der Waals surface area contributed by atoms with Gasteiger partial charge in [0.25, 0.3) is 0 Å². The summed E-state index contributed by atoms with van der Waals surface area (Å²) in [6.45, 7) is 1.95. The summed E-state index contributed by atoms with van der Waals surface area (Å²) in [5, 5.41) is 11.1. The zero-order valence-corrected chi connectivity index (χ0v) is 13.0. The van der Waals surface area contributed by atoms with Crippen LogP contribution in [0.1, 0.15) is 22.8 Å². The smallest absolute Gasteiger partial charge is 0.119 e. The van der Waals surface area contributed by atoms with E-state index in [1.165, 1.54) is 0 Å². The quantitative estimate of drug-likeness (QED) is 0.890. The van der Waals surface area contributed by atoms with Crippen LogP contribution in [-0.2, 0) is 0 Å². The van der Waals surface area contributed by atoms with Gasteiger partial charge in [-0.25, -0.2) is 0 Å². The SMILES string of the molecule is COc1ccc(C(O)c2ccc(Cl)cc2Br)c(C)c1. The molecule has 19 heavy (non-hydrogen) atoms. The van der Waals surface area contributed by atoms with Gasteiger partial charge in [-0.1, -0.05) is 39.7 Å². The molecule has 1 N–H and O–H groups in total. The van der Waals surface area contributed by atoms with E-state index in [2.05, 4.69) is 15.9 Å². The topological polar surface area (TPSA) is 29.5 Å². The average molecular weight is 342 g/mol. The number of ether oxygens (including phenoxy) is 1. The van der Waals surface area contributed by atoms with Crippen LogP contribution in [-0.4, -0.2) is 12.2 Å². The second kappa shape index (κ2) is 5.95. The Balaban J connectivity index is 2.41. The van der Waals surface area contributed by atoms with Crippen LogP contribution in [0.3, 0.4) is 0 Å². The summed E-state index contributed by atoms with van der Waals surface area (Å²) in [6.07, 6.45) is -0.697. The summed E-state index contributed by atoms with van der Waals surface area (Å²) in [6, 6.07) is 11.0. The Morgan fingerprint density at radius 1 is 1.16 bits per heavy atom. The van der Waals surface area contributed by atoms with Crippen molar-refractivity contribution in [2.45, 2.75) is 13.0 Å². The van der Waals surface area contributed by atoms with E-state index in [-0.39, 0.29) is 0 Å². The summed E-state index contributed by atoms with van der Waals surface area (Å²) in [5.74, 6) is 0.781. The number of benzene rings is 2. The molecule has 2 nitrogen and oxygen atoms in total. The zero-order valence-electron chi connectivity index (χ0n) is 10.7. The molecule has 0 saturated heterocycles. The molecule has 100 valence electrons. The van der Waals surface area contributed by atoms with Crippen LogP contribution in [0, 0.1) is 6.92 Å². The highest BCUT2D eigenvalue weighted by atomic mass is 79.9. The van der Waals surface area contributed by atoms with Crippen LogP contribution in [0.15, 0.2) is 40.9 Å². The Morgan fingerprint density at radius 3 is 2.42 bits per heavy atom. The molecule has 0 aliphatic rings. The van der Waals surface area contributed by atoms with Crippen LogP contribution >= 0.6 is 27.5 Å². The predicted octanol–water partition coefficient (Wildman–Crippen LogP) is 4.50. The van der Waals surface area contributed by atoms with E-state index in [0.717, 1.165) is 26.9 Å². The molecule has 0 fully saturated rings. The van der Waals surface area contributed by atoms with Gasteiger partial charge in [0.05, 0.1) is 7.11 Å². The van der Waals surface area contributed by atoms with Crippen LogP contribution in [0.25, 0.3) is 0 Å². The largest absolute Gasteiger partial charge is 0.497 e. The first-order valence-electron chi connectivity index (χ1n) is 5.80. The van der Waals surface area contributed by atoms with E-state index in [4.69, 9.17) is 16.3 Å². The van der Waals surface area contributed by atoms with Crippen molar-refractivity contribution in [1.29, 1.82) is 0 Å². The van der Waals surface area contributed by atoms with Crippen molar-refractivity contribution in [3.63, 3.8) is 0 Å². The minimum absolute atomic E-state index is 0.634. The van der Waals surface area contributed by atoms with Gasteiger partial charge in [0.2, 0.25) is 0 Å².